The van der Waals surface area contributed by atoms with Crippen LogP contribution in [0.25, 0.3) is 0 Å². The molecular formula is C26H35NO3. The average Bonchev–Trinajstić information content (AvgIpc) is 2.72. The molecule has 0 fully saturated rings. The molecule has 4 nitrogen and oxygen atoms in total. The number of hydrogen-bond acceptors (Lipinski definition) is 4. The van der Waals surface area contributed by atoms with Gasteiger partial charge in [0.15, 0.2) is 5.78 Å². The Kier molecular flexibility index (Phi) is 8.36. The van der Waals surface area contributed by atoms with E-state index in [1.807, 2.05) is 89.2 Å². The molecule has 0 aromatic heterocycles. The minimum Gasteiger partial charge on any atom is -0.489 e. The minimum atomic E-state index is -0.537. The molecule has 1 N–H and O–H groups in total. The van der Waals surface area contributed by atoms with E-state index >= 15 is 0 Å². The van der Waals surface area contributed by atoms with E-state index in [0.717, 1.165) is 16.9 Å². The summed E-state index contributed by atoms with van der Waals surface area (Å²) in [7, 11) is 0. The SMILES string of the molecule is CC(=O)C(C)(C)C(C)NC(Cc1ccc(OCc2ccccc2)cc1)C(=O)C(C)C. The van der Waals surface area contributed by atoms with Gasteiger partial charge < -0.3 is 10.1 Å². The lowest BCUT2D eigenvalue weighted by molar-refractivity contribution is -0.128. The molecule has 0 aliphatic heterocycles. The molecule has 0 radical (unpaired) electrons. The summed E-state index contributed by atoms with van der Waals surface area (Å²) in [6, 6.07) is 17.5. The van der Waals surface area contributed by atoms with Crippen molar-refractivity contribution in [2.75, 3.05) is 0 Å². The predicted octanol–water partition coefficient (Wildman–Crippen LogP) is 5.00. The molecule has 2 rings (SSSR count). The molecule has 0 aliphatic carbocycles. The third kappa shape index (κ3) is 6.53. The first-order chi connectivity index (χ1) is 14.1. The predicted molar refractivity (Wildman–Crippen MR) is 122 cm³/mol. The second-order valence-corrected chi connectivity index (χ2v) is 8.90. The Labute approximate surface area is 181 Å². The number of nitrogens with one attached hydrogen (secondary N) is 1. The fraction of sp³-hybridized carbons (Fsp3) is 0.462. The molecule has 2 unspecified atom stereocenters. The summed E-state index contributed by atoms with van der Waals surface area (Å²) < 4.78 is 5.85. The molecule has 162 valence electrons. The molecule has 0 saturated heterocycles. The highest BCUT2D eigenvalue weighted by Crippen LogP contribution is 2.23. The van der Waals surface area contributed by atoms with Gasteiger partial charge in [0.25, 0.3) is 0 Å². The normalized spacial score (nSPS) is 13.7. The number of rotatable bonds is 11. The van der Waals surface area contributed by atoms with Crippen molar-refractivity contribution < 1.29 is 14.3 Å². The van der Waals surface area contributed by atoms with E-state index in [2.05, 4.69) is 5.32 Å². The Balaban J connectivity index is 2.06. The summed E-state index contributed by atoms with van der Waals surface area (Å²) in [5.74, 6) is 0.987. The summed E-state index contributed by atoms with van der Waals surface area (Å²) >= 11 is 0. The van der Waals surface area contributed by atoms with Crippen molar-refractivity contribution >= 4 is 11.6 Å². The maximum atomic E-state index is 12.8. The summed E-state index contributed by atoms with van der Waals surface area (Å²) in [5.41, 5.74) is 1.64. The van der Waals surface area contributed by atoms with Gasteiger partial charge in [-0.15, -0.1) is 0 Å². The van der Waals surface area contributed by atoms with Crippen LogP contribution in [0.4, 0.5) is 0 Å². The van der Waals surface area contributed by atoms with Crippen LogP contribution in [0.5, 0.6) is 5.75 Å². The zero-order chi connectivity index (χ0) is 22.3. The lowest BCUT2D eigenvalue weighted by Gasteiger charge is -2.33. The molecule has 2 aromatic rings. The van der Waals surface area contributed by atoms with Crippen LogP contribution in [0.2, 0.25) is 0 Å². The van der Waals surface area contributed by atoms with Crippen LogP contribution in [0, 0.1) is 11.3 Å². The lowest BCUT2D eigenvalue weighted by Crippen LogP contribution is -2.52. The molecule has 2 aromatic carbocycles. The Morgan fingerprint density at radius 2 is 1.53 bits per heavy atom. The van der Waals surface area contributed by atoms with Gasteiger partial charge in [0.2, 0.25) is 0 Å². The number of ketones is 2. The summed E-state index contributed by atoms with van der Waals surface area (Å²) in [6.07, 6.45) is 0.578. The fourth-order valence-corrected chi connectivity index (χ4v) is 3.16. The molecule has 0 amide bonds. The molecule has 4 heteroatoms. The van der Waals surface area contributed by atoms with Crippen LogP contribution in [-0.2, 0) is 22.6 Å². The number of benzene rings is 2. The zero-order valence-corrected chi connectivity index (χ0v) is 19.1. The van der Waals surface area contributed by atoms with E-state index < -0.39 is 5.41 Å². The van der Waals surface area contributed by atoms with Crippen LogP contribution in [0.15, 0.2) is 54.6 Å². The largest absolute Gasteiger partial charge is 0.489 e. The quantitative estimate of drug-likeness (QED) is 0.568. The van der Waals surface area contributed by atoms with Crippen molar-refractivity contribution in [3.05, 3.63) is 65.7 Å². The topological polar surface area (TPSA) is 55.4 Å². The number of carbonyl (C=O) groups excluding carboxylic acids is 2. The van der Waals surface area contributed by atoms with E-state index in [0.29, 0.717) is 13.0 Å². The standard InChI is InChI=1S/C26H35NO3/c1-18(2)25(29)24(27-19(3)26(5,6)20(4)28)16-21-12-14-23(15-13-21)30-17-22-10-8-7-9-11-22/h7-15,18-19,24,27H,16-17H2,1-6H3. The molecule has 0 heterocycles. The number of carbonyl (C=O) groups is 2. The van der Waals surface area contributed by atoms with E-state index in [-0.39, 0.29) is 29.6 Å². The molecule has 0 aliphatic rings. The first-order valence-corrected chi connectivity index (χ1v) is 10.7. The van der Waals surface area contributed by atoms with E-state index in [4.69, 9.17) is 4.74 Å². The maximum absolute atomic E-state index is 12.8. The molecule has 2 atom stereocenters. The smallest absolute Gasteiger partial charge is 0.152 e. The van der Waals surface area contributed by atoms with Gasteiger partial charge in [-0.25, -0.2) is 0 Å². The summed E-state index contributed by atoms with van der Waals surface area (Å²) in [4.78, 5) is 24.8. The van der Waals surface area contributed by atoms with E-state index in [1.54, 1.807) is 6.92 Å². The molecular weight excluding hydrogens is 374 g/mol. The van der Waals surface area contributed by atoms with Gasteiger partial charge in [-0.1, -0.05) is 70.2 Å². The molecule has 0 spiro atoms. The van der Waals surface area contributed by atoms with Crippen molar-refractivity contribution in [1.82, 2.24) is 5.32 Å². The van der Waals surface area contributed by atoms with Crippen molar-refractivity contribution in [2.45, 2.75) is 66.7 Å². The van der Waals surface area contributed by atoms with Crippen LogP contribution >= 0.6 is 0 Å². The Morgan fingerprint density at radius 1 is 0.933 bits per heavy atom. The van der Waals surface area contributed by atoms with Gasteiger partial charge in [-0.2, -0.15) is 0 Å². The van der Waals surface area contributed by atoms with E-state index in [1.165, 1.54) is 0 Å². The first-order valence-electron chi connectivity index (χ1n) is 10.7. The molecule has 0 bridgehead atoms. The molecule has 0 saturated carbocycles. The fourth-order valence-electron chi connectivity index (χ4n) is 3.16. The second kappa shape index (κ2) is 10.5. The van der Waals surface area contributed by atoms with Crippen molar-refractivity contribution in [3.8, 4) is 5.75 Å². The van der Waals surface area contributed by atoms with Gasteiger partial charge in [0.1, 0.15) is 18.1 Å². The Hall–Kier alpha value is -2.46. The first kappa shape index (κ1) is 23.8. The highest BCUT2D eigenvalue weighted by atomic mass is 16.5. The van der Waals surface area contributed by atoms with E-state index in [9.17, 15) is 9.59 Å². The Bertz CT molecular complexity index is 825. The average molecular weight is 410 g/mol. The van der Waals surface area contributed by atoms with Crippen LogP contribution < -0.4 is 10.1 Å². The molecule has 30 heavy (non-hydrogen) atoms. The number of ether oxygens (including phenoxy) is 1. The van der Waals surface area contributed by atoms with Gasteiger partial charge >= 0.3 is 0 Å². The second-order valence-electron chi connectivity index (χ2n) is 8.90. The summed E-state index contributed by atoms with van der Waals surface area (Å²) in [5, 5.41) is 3.43. The third-order valence-corrected chi connectivity index (χ3v) is 5.97. The van der Waals surface area contributed by atoms with Gasteiger partial charge in [0.05, 0.1) is 6.04 Å². The van der Waals surface area contributed by atoms with Crippen molar-refractivity contribution in [3.63, 3.8) is 0 Å². The third-order valence-electron chi connectivity index (χ3n) is 5.97. The van der Waals surface area contributed by atoms with Gasteiger partial charge in [-0.3, -0.25) is 9.59 Å². The highest BCUT2D eigenvalue weighted by molar-refractivity contribution is 5.86. The minimum absolute atomic E-state index is 0.0800. The Morgan fingerprint density at radius 3 is 2.07 bits per heavy atom. The van der Waals surface area contributed by atoms with Crippen LogP contribution in [0.1, 0.15) is 52.7 Å². The number of hydrogen-bond donors (Lipinski definition) is 1. The van der Waals surface area contributed by atoms with Crippen LogP contribution in [0.3, 0.4) is 0 Å². The summed E-state index contributed by atoms with van der Waals surface area (Å²) in [6.45, 7) is 11.8. The maximum Gasteiger partial charge on any atom is 0.152 e. The zero-order valence-electron chi connectivity index (χ0n) is 19.1. The monoisotopic (exact) mass is 409 g/mol. The number of Topliss-reactive ketones (excluding diaryl/α,β-unsaturated/α-hetero) is 2. The van der Waals surface area contributed by atoms with Gasteiger partial charge in [0, 0.05) is 17.4 Å². The lowest BCUT2D eigenvalue weighted by atomic mass is 9.80. The van der Waals surface area contributed by atoms with Gasteiger partial charge in [-0.05, 0) is 43.5 Å². The van der Waals surface area contributed by atoms with Crippen molar-refractivity contribution in [1.29, 1.82) is 0 Å². The van der Waals surface area contributed by atoms with Crippen LogP contribution in [-0.4, -0.2) is 23.7 Å². The highest BCUT2D eigenvalue weighted by Gasteiger charge is 2.34. The van der Waals surface area contributed by atoms with Crippen molar-refractivity contribution in [2.24, 2.45) is 11.3 Å².